The molecule has 0 saturated carbocycles. The van der Waals surface area contributed by atoms with Crippen molar-refractivity contribution in [3.05, 3.63) is 35.5 Å². The van der Waals surface area contributed by atoms with Gasteiger partial charge in [-0.25, -0.2) is 8.78 Å². The summed E-state index contributed by atoms with van der Waals surface area (Å²) in [7, 11) is 0. The first-order valence-corrected chi connectivity index (χ1v) is 10.4. The molecule has 2 fully saturated rings. The first kappa shape index (κ1) is 20.3. The van der Waals surface area contributed by atoms with Crippen LogP contribution < -0.4 is 0 Å². The highest BCUT2D eigenvalue weighted by molar-refractivity contribution is 5.98. The topological polar surface area (TPSA) is 59.6 Å². The number of hydrogen-bond donors (Lipinski definition) is 2. The summed E-state index contributed by atoms with van der Waals surface area (Å²) < 4.78 is 26.8. The van der Waals surface area contributed by atoms with Crippen molar-refractivity contribution in [2.45, 2.75) is 50.6 Å². The fraction of sp³-hybridized carbons (Fsp3) is 0.591. The first-order chi connectivity index (χ1) is 13.7. The highest BCUT2D eigenvalue weighted by Crippen LogP contribution is 2.31. The van der Waals surface area contributed by atoms with Crippen LogP contribution in [-0.2, 0) is 0 Å². The molecule has 0 aliphatic carbocycles. The van der Waals surface area contributed by atoms with Crippen molar-refractivity contribution in [1.82, 2.24) is 14.8 Å². The lowest BCUT2D eigenvalue weighted by Crippen LogP contribution is -2.48. The number of alkyl halides is 2. The SMILES string of the molecule is Cc1ccc2cc(C(=O)N3CCCC(O)(CN4CCC(F)(F)CC4)CC3)[nH]c2c1. The Kier molecular flexibility index (Phi) is 5.38. The predicted molar refractivity (Wildman–Crippen MR) is 108 cm³/mol. The maximum atomic E-state index is 13.4. The molecule has 1 unspecified atom stereocenters. The Morgan fingerprint density at radius 3 is 2.62 bits per heavy atom. The van der Waals surface area contributed by atoms with Crippen LogP contribution in [0.15, 0.2) is 24.3 Å². The van der Waals surface area contributed by atoms with Gasteiger partial charge in [0.05, 0.1) is 5.60 Å². The number of benzene rings is 1. The van der Waals surface area contributed by atoms with Gasteiger partial charge >= 0.3 is 0 Å². The van der Waals surface area contributed by atoms with Crippen LogP contribution >= 0.6 is 0 Å². The van der Waals surface area contributed by atoms with Gasteiger partial charge in [-0.3, -0.25) is 4.79 Å². The van der Waals surface area contributed by atoms with Gasteiger partial charge in [-0.2, -0.15) is 0 Å². The average molecular weight is 405 g/mol. The molecule has 1 amide bonds. The maximum absolute atomic E-state index is 13.4. The molecule has 0 bridgehead atoms. The smallest absolute Gasteiger partial charge is 0.270 e. The number of piperidine rings is 1. The van der Waals surface area contributed by atoms with Gasteiger partial charge in [-0.15, -0.1) is 0 Å². The average Bonchev–Trinajstić information content (AvgIpc) is 2.99. The molecule has 1 aromatic heterocycles. The Bertz CT molecular complexity index is 887. The van der Waals surface area contributed by atoms with Crippen LogP contribution in [0.1, 0.15) is 48.2 Å². The lowest BCUT2D eigenvalue weighted by atomic mass is 9.93. The van der Waals surface area contributed by atoms with Gasteiger partial charge in [-0.1, -0.05) is 12.1 Å². The fourth-order valence-electron chi connectivity index (χ4n) is 4.52. The zero-order chi connectivity index (χ0) is 20.6. The first-order valence-electron chi connectivity index (χ1n) is 10.4. The Balaban J connectivity index is 1.39. The summed E-state index contributed by atoms with van der Waals surface area (Å²) in [6.45, 7) is 4.10. The monoisotopic (exact) mass is 405 g/mol. The number of β-amino-alcohol motifs (C(OH)–C–C–N with tert-alkyl or cyclic N) is 1. The van der Waals surface area contributed by atoms with Crippen molar-refractivity contribution in [3.8, 4) is 0 Å². The normalized spacial score (nSPS) is 25.9. The Labute approximate surface area is 169 Å². The molecule has 4 rings (SSSR count). The van der Waals surface area contributed by atoms with E-state index in [1.54, 1.807) is 4.90 Å². The van der Waals surface area contributed by atoms with Crippen molar-refractivity contribution in [2.24, 2.45) is 0 Å². The zero-order valence-electron chi connectivity index (χ0n) is 16.9. The molecule has 0 radical (unpaired) electrons. The van der Waals surface area contributed by atoms with E-state index in [2.05, 4.69) is 4.98 Å². The number of likely N-dealkylation sites (tertiary alicyclic amines) is 2. The second-order valence-electron chi connectivity index (χ2n) is 8.78. The molecule has 5 nitrogen and oxygen atoms in total. The number of aryl methyl sites for hydroxylation is 1. The summed E-state index contributed by atoms with van der Waals surface area (Å²) in [5.41, 5.74) is 1.71. The Hall–Kier alpha value is -1.99. The van der Waals surface area contributed by atoms with Gasteiger partial charge in [0.15, 0.2) is 0 Å². The number of carbonyl (C=O) groups excluding carboxylic acids is 1. The van der Waals surface area contributed by atoms with Crippen LogP contribution in [-0.4, -0.2) is 70.0 Å². The number of carbonyl (C=O) groups is 1. The summed E-state index contributed by atoms with van der Waals surface area (Å²) in [5, 5.41) is 12.1. The summed E-state index contributed by atoms with van der Waals surface area (Å²) >= 11 is 0. The van der Waals surface area contributed by atoms with Gasteiger partial charge in [0.2, 0.25) is 0 Å². The Morgan fingerprint density at radius 1 is 1.10 bits per heavy atom. The number of aromatic nitrogens is 1. The van der Waals surface area contributed by atoms with Gasteiger partial charge in [0.25, 0.3) is 11.8 Å². The van der Waals surface area contributed by atoms with E-state index in [0.29, 0.717) is 57.7 Å². The van der Waals surface area contributed by atoms with E-state index >= 15 is 0 Å². The lowest BCUT2D eigenvalue weighted by Gasteiger charge is -2.37. The molecular weight excluding hydrogens is 376 g/mol. The number of H-pyrrole nitrogens is 1. The predicted octanol–water partition coefficient (Wildman–Crippen LogP) is 3.56. The highest BCUT2D eigenvalue weighted by Gasteiger charge is 2.38. The summed E-state index contributed by atoms with van der Waals surface area (Å²) in [5.74, 6) is -2.63. The van der Waals surface area contributed by atoms with Crippen molar-refractivity contribution in [3.63, 3.8) is 0 Å². The molecule has 1 aromatic carbocycles. The second-order valence-corrected chi connectivity index (χ2v) is 8.78. The van der Waals surface area contributed by atoms with Gasteiger partial charge in [0.1, 0.15) is 5.69 Å². The second kappa shape index (κ2) is 7.69. The summed E-state index contributed by atoms with van der Waals surface area (Å²) in [4.78, 5) is 19.9. The van der Waals surface area contributed by atoms with Crippen LogP contribution in [0, 0.1) is 6.92 Å². The number of rotatable bonds is 3. The number of aromatic amines is 1. The van der Waals surface area contributed by atoms with E-state index in [1.165, 1.54) is 0 Å². The minimum atomic E-state index is -2.58. The third-order valence-corrected chi connectivity index (χ3v) is 6.32. The molecule has 158 valence electrons. The van der Waals surface area contributed by atoms with E-state index < -0.39 is 11.5 Å². The van der Waals surface area contributed by atoms with Gasteiger partial charge in [0, 0.05) is 56.5 Å². The molecule has 7 heteroatoms. The molecule has 2 N–H and O–H groups in total. The van der Waals surface area contributed by atoms with Crippen LogP contribution in [0.5, 0.6) is 0 Å². The van der Waals surface area contributed by atoms with E-state index in [9.17, 15) is 18.7 Å². The molecule has 3 heterocycles. The molecule has 2 aliphatic heterocycles. The number of amides is 1. The third-order valence-electron chi connectivity index (χ3n) is 6.32. The van der Waals surface area contributed by atoms with Crippen molar-refractivity contribution in [1.29, 1.82) is 0 Å². The van der Waals surface area contributed by atoms with E-state index in [-0.39, 0.29) is 18.7 Å². The van der Waals surface area contributed by atoms with Gasteiger partial charge < -0.3 is 19.9 Å². The minimum Gasteiger partial charge on any atom is -0.388 e. The summed E-state index contributed by atoms with van der Waals surface area (Å²) in [6, 6.07) is 7.92. The van der Waals surface area contributed by atoms with Crippen molar-refractivity contribution >= 4 is 16.8 Å². The molecule has 1 atom stereocenters. The van der Waals surface area contributed by atoms with E-state index in [0.717, 1.165) is 16.5 Å². The highest BCUT2D eigenvalue weighted by atomic mass is 19.3. The van der Waals surface area contributed by atoms with Crippen LogP contribution in [0.2, 0.25) is 0 Å². The summed E-state index contributed by atoms with van der Waals surface area (Å²) in [6.07, 6.45) is 1.45. The fourth-order valence-corrected chi connectivity index (χ4v) is 4.52. The molecule has 0 spiro atoms. The van der Waals surface area contributed by atoms with Crippen molar-refractivity contribution < 1.29 is 18.7 Å². The van der Waals surface area contributed by atoms with E-state index in [1.807, 2.05) is 36.1 Å². The Morgan fingerprint density at radius 2 is 1.86 bits per heavy atom. The number of fused-ring (bicyclic) bond motifs is 1. The third kappa shape index (κ3) is 4.61. The maximum Gasteiger partial charge on any atom is 0.270 e. The molecule has 2 aliphatic rings. The molecular formula is C22H29F2N3O2. The van der Waals surface area contributed by atoms with Crippen LogP contribution in [0.25, 0.3) is 10.9 Å². The number of halogens is 2. The quantitative estimate of drug-likeness (QED) is 0.821. The molecule has 29 heavy (non-hydrogen) atoms. The molecule has 2 saturated heterocycles. The van der Waals surface area contributed by atoms with Crippen LogP contribution in [0.3, 0.4) is 0 Å². The van der Waals surface area contributed by atoms with E-state index in [4.69, 9.17) is 0 Å². The number of aliphatic hydroxyl groups is 1. The number of hydrogen-bond acceptors (Lipinski definition) is 3. The van der Waals surface area contributed by atoms with Crippen LogP contribution in [0.4, 0.5) is 8.78 Å². The van der Waals surface area contributed by atoms with Gasteiger partial charge in [-0.05, 0) is 43.9 Å². The number of nitrogens with zero attached hydrogens (tertiary/aromatic N) is 2. The zero-order valence-corrected chi connectivity index (χ0v) is 16.9. The molecule has 2 aromatic rings. The van der Waals surface area contributed by atoms with Crippen molar-refractivity contribution in [2.75, 3.05) is 32.7 Å². The lowest BCUT2D eigenvalue weighted by molar-refractivity contribution is -0.0768. The number of nitrogens with one attached hydrogen (secondary N) is 1. The largest absolute Gasteiger partial charge is 0.388 e. The standard InChI is InChI=1S/C22H29F2N3O2/c1-16-3-4-17-14-19(25-18(17)13-16)20(28)27-9-2-5-21(29,6-12-27)15-26-10-7-22(23,24)8-11-26/h3-4,13-14,25,29H,2,5-12,15H2,1H3. The minimum absolute atomic E-state index is 0.0549.